The predicted octanol–water partition coefficient (Wildman–Crippen LogP) is 7.27. The maximum absolute atomic E-state index is 13.5. The summed E-state index contributed by atoms with van der Waals surface area (Å²) in [7, 11) is 1.57. The number of H-pyrrole nitrogens is 1. The monoisotopic (exact) mass is 527 g/mol. The van der Waals surface area contributed by atoms with E-state index in [1.54, 1.807) is 25.3 Å². The molecule has 4 aromatic carbocycles. The predicted molar refractivity (Wildman–Crippen MR) is 139 cm³/mol. The van der Waals surface area contributed by atoms with Crippen molar-refractivity contribution in [3.63, 3.8) is 0 Å². The highest BCUT2D eigenvalue weighted by molar-refractivity contribution is 9.10. The number of fused-ring (bicyclic) bond motifs is 2. The zero-order chi connectivity index (χ0) is 24.4. The van der Waals surface area contributed by atoms with Crippen LogP contribution in [0.25, 0.3) is 33.5 Å². The van der Waals surface area contributed by atoms with Crippen LogP contribution in [0.4, 0.5) is 4.39 Å². The quantitative estimate of drug-likeness (QED) is 0.235. The second kappa shape index (κ2) is 9.61. The van der Waals surface area contributed by atoms with Gasteiger partial charge in [-0.3, -0.25) is 0 Å². The lowest BCUT2D eigenvalue weighted by Gasteiger charge is -2.14. The van der Waals surface area contributed by atoms with E-state index in [1.807, 2.05) is 30.3 Å². The maximum atomic E-state index is 13.5. The molecule has 5 nitrogen and oxygen atoms in total. The van der Waals surface area contributed by atoms with Crippen LogP contribution in [0.5, 0.6) is 11.5 Å². The standard InChI is InChI=1S/C28H19BrFN3O2/c1-34-26-12-19(11-20(15-31)28-32-24-10-9-21(30)13-25(24)33-28)23(29)14-27(26)35-16-18-7-4-6-17-5-2-3-8-22(17)18/h2-14H,16H2,1H3,(H,32,33)/b20-11-. The molecule has 0 atom stereocenters. The Morgan fingerprint density at radius 1 is 1.09 bits per heavy atom. The second-order valence-electron chi connectivity index (χ2n) is 7.87. The van der Waals surface area contributed by atoms with Crippen LogP contribution in [0.3, 0.4) is 0 Å². The van der Waals surface area contributed by atoms with E-state index in [-0.39, 0.29) is 5.82 Å². The number of ether oxygens (including phenoxy) is 2. The normalized spacial score (nSPS) is 11.5. The molecule has 0 saturated heterocycles. The number of methoxy groups -OCH3 is 1. The molecule has 0 fully saturated rings. The highest BCUT2D eigenvalue weighted by Gasteiger charge is 2.14. The Hall–Kier alpha value is -4.15. The minimum Gasteiger partial charge on any atom is -0.493 e. The van der Waals surface area contributed by atoms with Crippen molar-refractivity contribution in [2.75, 3.05) is 7.11 Å². The van der Waals surface area contributed by atoms with Gasteiger partial charge in [0, 0.05) is 4.47 Å². The first-order chi connectivity index (χ1) is 17.1. The van der Waals surface area contributed by atoms with Crippen LogP contribution in [-0.2, 0) is 6.61 Å². The number of imidazole rings is 1. The van der Waals surface area contributed by atoms with Crippen molar-refractivity contribution in [2.24, 2.45) is 0 Å². The number of halogens is 2. The Labute approximate surface area is 209 Å². The summed E-state index contributed by atoms with van der Waals surface area (Å²) in [4.78, 5) is 7.42. The zero-order valence-corrected chi connectivity index (χ0v) is 20.3. The number of benzene rings is 4. The lowest BCUT2D eigenvalue weighted by atomic mass is 10.1. The summed E-state index contributed by atoms with van der Waals surface area (Å²) in [5, 5.41) is 12.1. The largest absolute Gasteiger partial charge is 0.493 e. The molecule has 7 heteroatoms. The molecule has 0 aliphatic heterocycles. The summed E-state index contributed by atoms with van der Waals surface area (Å²) in [6.45, 7) is 0.373. The van der Waals surface area contributed by atoms with E-state index in [4.69, 9.17) is 9.47 Å². The summed E-state index contributed by atoms with van der Waals surface area (Å²) < 4.78 is 26.0. The number of aromatic nitrogens is 2. The first kappa shape index (κ1) is 22.6. The molecule has 0 aliphatic carbocycles. The average molecular weight is 528 g/mol. The van der Waals surface area contributed by atoms with E-state index in [9.17, 15) is 9.65 Å². The van der Waals surface area contributed by atoms with Gasteiger partial charge in [0.15, 0.2) is 11.5 Å². The van der Waals surface area contributed by atoms with Gasteiger partial charge < -0.3 is 14.5 Å². The third-order valence-electron chi connectivity index (χ3n) is 5.67. The third-order valence-corrected chi connectivity index (χ3v) is 6.35. The van der Waals surface area contributed by atoms with Gasteiger partial charge in [-0.2, -0.15) is 5.26 Å². The van der Waals surface area contributed by atoms with Gasteiger partial charge in [-0.15, -0.1) is 0 Å². The van der Waals surface area contributed by atoms with Crippen LogP contribution < -0.4 is 9.47 Å². The van der Waals surface area contributed by atoms with Gasteiger partial charge in [0.2, 0.25) is 0 Å². The molecule has 0 saturated carbocycles. The van der Waals surface area contributed by atoms with Crippen molar-refractivity contribution in [3.8, 4) is 17.6 Å². The van der Waals surface area contributed by atoms with Gasteiger partial charge in [-0.05, 0) is 58.3 Å². The molecule has 1 N–H and O–H groups in total. The van der Waals surface area contributed by atoms with E-state index in [0.717, 1.165) is 20.8 Å². The van der Waals surface area contributed by atoms with Gasteiger partial charge in [0.25, 0.3) is 0 Å². The molecule has 5 rings (SSSR count). The molecular weight excluding hydrogens is 509 g/mol. The van der Waals surface area contributed by atoms with Gasteiger partial charge in [0.05, 0.1) is 23.7 Å². The van der Waals surface area contributed by atoms with Crippen molar-refractivity contribution in [3.05, 3.63) is 100 Å². The van der Waals surface area contributed by atoms with Crippen molar-refractivity contribution in [2.45, 2.75) is 6.61 Å². The highest BCUT2D eigenvalue weighted by Crippen LogP contribution is 2.36. The molecule has 0 unspecified atom stereocenters. The first-order valence-corrected chi connectivity index (χ1v) is 11.6. The van der Waals surface area contributed by atoms with Crippen molar-refractivity contribution < 1.29 is 13.9 Å². The molecule has 1 aromatic heterocycles. The second-order valence-corrected chi connectivity index (χ2v) is 8.72. The fourth-order valence-electron chi connectivity index (χ4n) is 3.93. The molecule has 1 heterocycles. The number of rotatable bonds is 6. The van der Waals surface area contributed by atoms with Crippen LogP contribution in [0.1, 0.15) is 17.0 Å². The van der Waals surface area contributed by atoms with Crippen molar-refractivity contribution in [1.29, 1.82) is 5.26 Å². The lowest BCUT2D eigenvalue weighted by Crippen LogP contribution is -1.99. The van der Waals surface area contributed by atoms with Crippen LogP contribution in [0.15, 0.2) is 77.3 Å². The van der Waals surface area contributed by atoms with Gasteiger partial charge in [-0.1, -0.05) is 58.4 Å². The molecule has 0 spiro atoms. The molecule has 0 bridgehead atoms. The number of nitriles is 1. The summed E-state index contributed by atoms with van der Waals surface area (Å²) in [6, 6.07) is 24.3. The minimum absolute atomic E-state index is 0.300. The molecule has 35 heavy (non-hydrogen) atoms. The summed E-state index contributed by atoms with van der Waals surface area (Å²) in [6.07, 6.45) is 1.69. The Bertz CT molecular complexity index is 1630. The van der Waals surface area contributed by atoms with Crippen molar-refractivity contribution >= 4 is 49.4 Å². The van der Waals surface area contributed by atoms with Crippen LogP contribution in [0.2, 0.25) is 0 Å². The van der Waals surface area contributed by atoms with E-state index < -0.39 is 0 Å². The average Bonchev–Trinajstić information content (AvgIpc) is 3.29. The first-order valence-electron chi connectivity index (χ1n) is 10.8. The fourth-order valence-corrected chi connectivity index (χ4v) is 4.36. The number of aromatic amines is 1. The maximum Gasteiger partial charge on any atom is 0.162 e. The Morgan fingerprint density at radius 2 is 1.91 bits per heavy atom. The number of hydrogen-bond donors (Lipinski definition) is 1. The summed E-state index contributed by atoms with van der Waals surface area (Å²) >= 11 is 3.58. The van der Waals surface area contributed by atoms with E-state index in [0.29, 0.717) is 46.1 Å². The molecule has 0 amide bonds. The van der Waals surface area contributed by atoms with E-state index in [1.165, 1.54) is 12.1 Å². The minimum atomic E-state index is -0.373. The summed E-state index contributed by atoms with van der Waals surface area (Å²) in [5.74, 6) is 1.09. The molecular formula is C28H19BrFN3O2. The van der Waals surface area contributed by atoms with Crippen molar-refractivity contribution in [1.82, 2.24) is 9.97 Å². The molecule has 0 aliphatic rings. The smallest absolute Gasteiger partial charge is 0.162 e. The van der Waals surface area contributed by atoms with Gasteiger partial charge in [-0.25, -0.2) is 9.37 Å². The number of hydrogen-bond acceptors (Lipinski definition) is 4. The van der Waals surface area contributed by atoms with Gasteiger partial charge >= 0.3 is 0 Å². The van der Waals surface area contributed by atoms with Crippen LogP contribution >= 0.6 is 15.9 Å². The molecule has 172 valence electrons. The zero-order valence-electron chi connectivity index (χ0n) is 18.7. The Morgan fingerprint density at radius 3 is 2.74 bits per heavy atom. The summed E-state index contributed by atoms with van der Waals surface area (Å²) in [5.41, 5.74) is 3.18. The fraction of sp³-hybridized carbons (Fsp3) is 0.0714. The lowest BCUT2D eigenvalue weighted by molar-refractivity contribution is 0.285. The molecule has 0 radical (unpaired) electrons. The van der Waals surface area contributed by atoms with Crippen LogP contribution in [-0.4, -0.2) is 17.1 Å². The van der Waals surface area contributed by atoms with Gasteiger partial charge in [0.1, 0.15) is 24.3 Å². The van der Waals surface area contributed by atoms with E-state index >= 15 is 0 Å². The SMILES string of the molecule is COc1cc(/C=C(/C#N)c2nc3ccc(F)cc3[nH]2)c(Br)cc1OCc1cccc2ccccc12. The number of allylic oxidation sites excluding steroid dienone is 1. The van der Waals surface area contributed by atoms with Crippen LogP contribution in [0, 0.1) is 17.1 Å². The topological polar surface area (TPSA) is 70.9 Å². The Balaban J connectivity index is 1.45. The highest BCUT2D eigenvalue weighted by atomic mass is 79.9. The number of nitrogens with zero attached hydrogens (tertiary/aromatic N) is 2. The van der Waals surface area contributed by atoms with E-state index in [2.05, 4.69) is 50.2 Å². The third kappa shape index (κ3) is 4.61. The Kier molecular flexibility index (Phi) is 6.21. The molecule has 5 aromatic rings. The number of nitrogens with one attached hydrogen (secondary N) is 1.